The maximum absolute atomic E-state index is 11.1. The van der Waals surface area contributed by atoms with Gasteiger partial charge in [0.15, 0.2) is 0 Å². The van der Waals surface area contributed by atoms with Crippen LogP contribution in [0.3, 0.4) is 0 Å². The summed E-state index contributed by atoms with van der Waals surface area (Å²) in [6, 6.07) is 0. The van der Waals surface area contributed by atoms with E-state index in [0.29, 0.717) is 19.8 Å². The van der Waals surface area contributed by atoms with Crippen LogP contribution >= 0.6 is 0 Å². The van der Waals surface area contributed by atoms with Gasteiger partial charge in [-0.05, 0) is 26.7 Å². The average molecular weight is 245 g/mol. The van der Waals surface area contributed by atoms with Gasteiger partial charge in [0.2, 0.25) is 0 Å². The normalized spacial score (nSPS) is 26.5. The molecule has 1 fully saturated rings. The fourth-order valence-electron chi connectivity index (χ4n) is 1.92. The number of β-amino-alcohol motifs (C(OH)–C–C–N with tert-alkyl or cyclic N) is 1. The quantitative estimate of drug-likeness (QED) is 0.665. The van der Waals surface area contributed by atoms with Gasteiger partial charge in [0, 0.05) is 18.7 Å². The molecule has 2 unspecified atom stereocenters. The van der Waals surface area contributed by atoms with Crippen molar-refractivity contribution < 1.29 is 19.4 Å². The summed E-state index contributed by atoms with van der Waals surface area (Å²) in [6.45, 7) is 6.02. The minimum Gasteiger partial charge on any atom is -0.466 e. The van der Waals surface area contributed by atoms with Crippen molar-refractivity contribution in [2.75, 3.05) is 26.4 Å². The summed E-state index contributed by atoms with van der Waals surface area (Å²) < 4.78 is 10.2. The Balaban J connectivity index is 2.22. The number of hydrogen-bond donors (Lipinski definition) is 2. The zero-order chi connectivity index (χ0) is 12.7. The van der Waals surface area contributed by atoms with Crippen LogP contribution in [0.1, 0.15) is 33.1 Å². The Labute approximate surface area is 102 Å². The first kappa shape index (κ1) is 14.4. The number of nitrogens with one attached hydrogen (secondary N) is 1. The molecule has 5 heteroatoms. The second-order valence-corrected chi connectivity index (χ2v) is 4.76. The van der Waals surface area contributed by atoms with E-state index in [1.165, 1.54) is 0 Å². The Morgan fingerprint density at radius 2 is 2.41 bits per heavy atom. The summed E-state index contributed by atoms with van der Waals surface area (Å²) in [5.74, 6) is -0.355. The van der Waals surface area contributed by atoms with Crippen LogP contribution in [0.15, 0.2) is 0 Å². The van der Waals surface area contributed by atoms with E-state index in [-0.39, 0.29) is 17.9 Å². The molecule has 1 aliphatic heterocycles. The molecule has 0 bridgehead atoms. The van der Waals surface area contributed by atoms with Gasteiger partial charge in [0.25, 0.3) is 0 Å². The monoisotopic (exact) mass is 245 g/mol. The van der Waals surface area contributed by atoms with E-state index in [1.54, 1.807) is 6.92 Å². The molecule has 2 N–H and O–H groups in total. The topological polar surface area (TPSA) is 67.8 Å². The predicted octanol–water partition coefficient (Wildman–Crippen LogP) is 0.459. The highest BCUT2D eigenvalue weighted by Gasteiger charge is 2.27. The largest absolute Gasteiger partial charge is 0.466 e. The van der Waals surface area contributed by atoms with Crippen molar-refractivity contribution >= 4 is 5.97 Å². The van der Waals surface area contributed by atoms with Gasteiger partial charge in [-0.15, -0.1) is 0 Å². The van der Waals surface area contributed by atoms with E-state index in [2.05, 4.69) is 12.2 Å². The Bertz CT molecular complexity index is 239. The minimum atomic E-state index is -0.701. The first-order valence-corrected chi connectivity index (χ1v) is 6.22. The molecule has 0 radical (unpaired) electrons. The molecule has 0 aromatic heterocycles. The van der Waals surface area contributed by atoms with Gasteiger partial charge < -0.3 is 19.9 Å². The number of rotatable bonds is 6. The summed E-state index contributed by atoms with van der Waals surface area (Å²) in [6.07, 6.45) is 1.39. The molecule has 0 aromatic carbocycles. The maximum Gasteiger partial charge on any atom is 0.308 e. The lowest BCUT2D eigenvalue weighted by Crippen LogP contribution is -2.51. The Hall–Kier alpha value is -0.650. The third-order valence-electron chi connectivity index (χ3n) is 2.91. The van der Waals surface area contributed by atoms with E-state index in [9.17, 15) is 9.90 Å². The molecule has 5 nitrogen and oxygen atoms in total. The minimum absolute atomic E-state index is 0.0395. The highest BCUT2D eigenvalue weighted by Crippen LogP contribution is 2.18. The van der Waals surface area contributed by atoms with Gasteiger partial charge >= 0.3 is 5.97 Å². The van der Waals surface area contributed by atoms with Crippen LogP contribution in [-0.4, -0.2) is 49.1 Å². The second kappa shape index (κ2) is 6.93. The van der Waals surface area contributed by atoms with Crippen LogP contribution in [-0.2, 0) is 14.3 Å². The number of carbonyl (C=O) groups excluding carboxylic acids is 1. The van der Waals surface area contributed by atoms with E-state index in [0.717, 1.165) is 19.4 Å². The number of aliphatic hydroxyl groups excluding tert-OH is 1. The Morgan fingerprint density at radius 3 is 3.00 bits per heavy atom. The van der Waals surface area contributed by atoms with E-state index < -0.39 is 6.10 Å². The molecule has 1 saturated heterocycles. The van der Waals surface area contributed by atoms with Crippen LogP contribution in [0.2, 0.25) is 0 Å². The van der Waals surface area contributed by atoms with Gasteiger partial charge in [-0.1, -0.05) is 0 Å². The van der Waals surface area contributed by atoms with E-state index in [1.807, 2.05) is 0 Å². The lowest BCUT2D eigenvalue weighted by molar-refractivity contribution is -0.145. The molecule has 100 valence electrons. The smallest absolute Gasteiger partial charge is 0.308 e. The van der Waals surface area contributed by atoms with Crippen LogP contribution < -0.4 is 5.32 Å². The van der Waals surface area contributed by atoms with E-state index in [4.69, 9.17) is 9.47 Å². The molecule has 1 rings (SSSR count). The number of ether oxygens (including phenoxy) is 2. The Kier molecular flexibility index (Phi) is 5.88. The summed E-state index contributed by atoms with van der Waals surface area (Å²) in [7, 11) is 0. The molecule has 2 atom stereocenters. The number of esters is 1. The van der Waals surface area contributed by atoms with Crippen LogP contribution in [0.4, 0.5) is 0 Å². The lowest BCUT2D eigenvalue weighted by atomic mass is 9.94. The van der Waals surface area contributed by atoms with Gasteiger partial charge in [-0.3, -0.25) is 4.79 Å². The van der Waals surface area contributed by atoms with Gasteiger partial charge in [-0.25, -0.2) is 0 Å². The number of hydrogen-bond acceptors (Lipinski definition) is 5. The summed E-state index contributed by atoms with van der Waals surface area (Å²) in [5, 5.41) is 12.9. The van der Waals surface area contributed by atoms with Crippen molar-refractivity contribution in [2.45, 2.75) is 44.8 Å². The van der Waals surface area contributed by atoms with Crippen LogP contribution in [0, 0.1) is 0 Å². The fourth-order valence-corrected chi connectivity index (χ4v) is 1.92. The van der Waals surface area contributed by atoms with Crippen molar-refractivity contribution in [2.24, 2.45) is 0 Å². The molecule has 1 heterocycles. The predicted molar refractivity (Wildman–Crippen MR) is 63.7 cm³/mol. The van der Waals surface area contributed by atoms with Gasteiger partial charge in [0.05, 0.1) is 25.7 Å². The molecule has 0 aromatic rings. The summed E-state index contributed by atoms with van der Waals surface area (Å²) >= 11 is 0. The molecular formula is C12H23NO4. The van der Waals surface area contributed by atoms with E-state index >= 15 is 0 Å². The molecule has 1 aliphatic rings. The zero-order valence-corrected chi connectivity index (χ0v) is 10.7. The average Bonchev–Trinajstić information content (AvgIpc) is 2.28. The molecule has 17 heavy (non-hydrogen) atoms. The number of carbonyl (C=O) groups is 1. The first-order valence-electron chi connectivity index (χ1n) is 6.22. The lowest BCUT2D eigenvalue weighted by Gasteiger charge is -2.35. The molecule has 0 saturated carbocycles. The van der Waals surface area contributed by atoms with Crippen molar-refractivity contribution in [3.05, 3.63) is 0 Å². The van der Waals surface area contributed by atoms with Crippen LogP contribution in [0.5, 0.6) is 0 Å². The van der Waals surface area contributed by atoms with Crippen molar-refractivity contribution in [1.82, 2.24) is 5.32 Å². The molecule has 0 amide bonds. The SMILES string of the molecule is CCOC(=O)CC(O)CNC1(C)CCCOC1. The van der Waals surface area contributed by atoms with Gasteiger partial charge in [0.1, 0.15) is 0 Å². The summed E-state index contributed by atoms with van der Waals surface area (Å²) in [5.41, 5.74) is -0.0894. The zero-order valence-electron chi connectivity index (χ0n) is 10.7. The molecular weight excluding hydrogens is 222 g/mol. The standard InChI is InChI=1S/C12H23NO4/c1-3-17-11(15)7-10(14)8-13-12(2)5-4-6-16-9-12/h10,13-14H,3-9H2,1-2H3. The highest BCUT2D eigenvalue weighted by atomic mass is 16.5. The van der Waals surface area contributed by atoms with Crippen molar-refractivity contribution in [1.29, 1.82) is 0 Å². The van der Waals surface area contributed by atoms with Gasteiger partial charge in [-0.2, -0.15) is 0 Å². The number of aliphatic hydroxyl groups is 1. The maximum atomic E-state index is 11.1. The Morgan fingerprint density at radius 1 is 1.65 bits per heavy atom. The molecule has 0 spiro atoms. The molecule has 0 aliphatic carbocycles. The summed E-state index contributed by atoms with van der Waals surface area (Å²) in [4.78, 5) is 11.1. The second-order valence-electron chi connectivity index (χ2n) is 4.76. The van der Waals surface area contributed by atoms with Crippen LogP contribution in [0.25, 0.3) is 0 Å². The third-order valence-corrected chi connectivity index (χ3v) is 2.91. The van der Waals surface area contributed by atoms with Crippen molar-refractivity contribution in [3.63, 3.8) is 0 Å². The van der Waals surface area contributed by atoms with Crippen molar-refractivity contribution in [3.8, 4) is 0 Å². The first-order chi connectivity index (χ1) is 8.06. The highest BCUT2D eigenvalue weighted by molar-refractivity contribution is 5.69. The fraction of sp³-hybridized carbons (Fsp3) is 0.917. The third kappa shape index (κ3) is 5.48.